The lowest BCUT2D eigenvalue weighted by atomic mass is 9.98. The molecule has 1 saturated heterocycles. The van der Waals surface area contributed by atoms with Gasteiger partial charge < -0.3 is 4.74 Å². The summed E-state index contributed by atoms with van der Waals surface area (Å²) in [6, 6.07) is 20.8. The van der Waals surface area contributed by atoms with E-state index in [2.05, 4.69) is 0 Å². The summed E-state index contributed by atoms with van der Waals surface area (Å²) in [5.74, 6) is 0.0675. The molecule has 3 aromatic carbocycles. The highest BCUT2D eigenvalue weighted by Gasteiger charge is 2.39. The van der Waals surface area contributed by atoms with Gasteiger partial charge >= 0.3 is 0 Å². The maximum atomic E-state index is 12.8. The van der Waals surface area contributed by atoms with Gasteiger partial charge in [0.05, 0.1) is 18.8 Å². The molecule has 0 N–H and O–H groups in total. The molecule has 29 heavy (non-hydrogen) atoms. The van der Waals surface area contributed by atoms with Crippen LogP contribution in [0.2, 0.25) is 0 Å². The van der Waals surface area contributed by atoms with E-state index in [1.165, 1.54) is 4.90 Å². The molecule has 6 heteroatoms. The first-order valence-corrected chi connectivity index (χ1v) is 9.73. The minimum Gasteiger partial charge on any atom is -0.497 e. The van der Waals surface area contributed by atoms with Crippen LogP contribution in [0.15, 0.2) is 66.7 Å². The standard InChI is InChI=1S/C23H20N2O3S/c1-15(19-9-5-7-16-6-3-4-8-20(16)19)24-21(26)14-22(27)25(23(24)29)17-10-12-18(28-2)13-11-17/h3-13,15H,14H2,1-2H3. The molecule has 1 unspecified atom stereocenters. The summed E-state index contributed by atoms with van der Waals surface area (Å²) in [6.45, 7) is 1.94. The lowest BCUT2D eigenvalue weighted by molar-refractivity contribution is -0.134. The monoisotopic (exact) mass is 404 g/mol. The molecule has 1 atom stereocenters. The first-order valence-electron chi connectivity index (χ1n) is 9.32. The first kappa shape index (κ1) is 19.1. The lowest BCUT2D eigenvalue weighted by Gasteiger charge is -2.39. The van der Waals surface area contributed by atoms with Crippen LogP contribution < -0.4 is 9.64 Å². The van der Waals surface area contributed by atoms with Crippen LogP contribution in [-0.4, -0.2) is 28.9 Å². The lowest BCUT2D eigenvalue weighted by Crippen LogP contribution is -2.55. The molecular formula is C23H20N2O3S. The number of methoxy groups -OCH3 is 1. The fourth-order valence-corrected chi connectivity index (χ4v) is 4.20. The van der Waals surface area contributed by atoms with Crippen molar-refractivity contribution in [2.24, 2.45) is 0 Å². The molecule has 146 valence electrons. The molecule has 0 spiro atoms. The van der Waals surface area contributed by atoms with Crippen LogP contribution in [0.1, 0.15) is 24.9 Å². The van der Waals surface area contributed by atoms with Gasteiger partial charge in [-0.1, -0.05) is 42.5 Å². The van der Waals surface area contributed by atoms with E-state index >= 15 is 0 Å². The number of anilines is 1. The summed E-state index contributed by atoms with van der Waals surface area (Å²) >= 11 is 5.62. The zero-order chi connectivity index (χ0) is 20.5. The average molecular weight is 404 g/mol. The number of amides is 2. The van der Waals surface area contributed by atoms with E-state index < -0.39 is 0 Å². The van der Waals surface area contributed by atoms with E-state index in [0.717, 1.165) is 16.3 Å². The van der Waals surface area contributed by atoms with Gasteiger partial charge in [-0.2, -0.15) is 0 Å². The van der Waals surface area contributed by atoms with Crippen LogP contribution in [0.25, 0.3) is 10.8 Å². The normalized spacial score (nSPS) is 15.7. The second kappa shape index (κ2) is 7.64. The topological polar surface area (TPSA) is 49.9 Å². The van der Waals surface area contributed by atoms with E-state index in [1.807, 2.05) is 49.4 Å². The van der Waals surface area contributed by atoms with Crippen molar-refractivity contribution >= 4 is 45.6 Å². The molecule has 0 aromatic heterocycles. The van der Waals surface area contributed by atoms with E-state index in [4.69, 9.17) is 17.0 Å². The van der Waals surface area contributed by atoms with E-state index in [9.17, 15) is 9.59 Å². The summed E-state index contributed by atoms with van der Waals surface area (Å²) in [5, 5.41) is 2.35. The minimum atomic E-state index is -0.327. The number of carbonyl (C=O) groups excluding carboxylic acids is 2. The quantitative estimate of drug-likeness (QED) is 0.476. The number of hydrogen-bond donors (Lipinski definition) is 0. The molecule has 0 aliphatic carbocycles. The van der Waals surface area contributed by atoms with Gasteiger partial charge in [0.1, 0.15) is 12.2 Å². The molecule has 0 bridgehead atoms. The number of rotatable bonds is 4. The maximum absolute atomic E-state index is 12.8. The van der Waals surface area contributed by atoms with Crippen molar-refractivity contribution in [1.82, 2.24) is 4.90 Å². The summed E-state index contributed by atoms with van der Waals surface area (Å²) in [6.07, 6.45) is -0.221. The van der Waals surface area contributed by atoms with Gasteiger partial charge in [-0.15, -0.1) is 0 Å². The van der Waals surface area contributed by atoms with Gasteiger partial charge in [0, 0.05) is 0 Å². The van der Waals surface area contributed by atoms with Crippen molar-refractivity contribution in [2.45, 2.75) is 19.4 Å². The number of hydrogen-bond acceptors (Lipinski definition) is 4. The van der Waals surface area contributed by atoms with Crippen LogP contribution in [0.4, 0.5) is 5.69 Å². The molecule has 3 aromatic rings. The minimum absolute atomic E-state index is 0.192. The van der Waals surface area contributed by atoms with Gasteiger partial charge in [0.15, 0.2) is 5.11 Å². The van der Waals surface area contributed by atoms with Crippen molar-refractivity contribution in [1.29, 1.82) is 0 Å². The van der Waals surface area contributed by atoms with E-state index in [0.29, 0.717) is 11.4 Å². The second-order valence-electron chi connectivity index (χ2n) is 6.89. The van der Waals surface area contributed by atoms with Crippen molar-refractivity contribution < 1.29 is 14.3 Å². The highest BCUT2D eigenvalue weighted by atomic mass is 32.1. The number of fused-ring (bicyclic) bond motifs is 1. The Hall–Kier alpha value is -3.25. The predicted octanol–water partition coefficient (Wildman–Crippen LogP) is 4.46. The van der Waals surface area contributed by atoms with Gasteiger partial charge in [0.25, 0.3) is 0 Å². The highest BCUT2D eigenvalue weighted by molar-refractivity contribution is 7.80. The molecule has 1 aliphatic rings. The van der Waals surface area contributed by atoms with Crippen LogP contribution in [-0.2, 0) is 9.59 Å². The molecule has 1 heterocycles. The zero-order valence-electron chi connectivity index (χ0n) is 16.2. The van der Waals surface area contributed by atoms with Crippen molar-refractivity contribution in [3.05, 3.63) is 72.3 Å². The number of carbonyl (C=O) groups is 2. The van der Waals surface area contributed by atoms with Crippen molar-refractivity contribution in [3.63, 3.8) is 0 Å². The van der Waals surface area contributed by atoms with E-state index in [1.54, 1.807) is 36.3 Å². The Morgan fingerprint density at radius 1 is 0.931 bits per heavy atom. The van der Waals surface area contributed by atoms with Crippen molar-refractivity contribution in [2.75, 3.05) is 12.0 Å². The van der Waals surface area contributed by atoms with Gasteiger partial charge in [0.2, 0.25) is 11.8 Å². The smallest absolute Gasteiger partial charge is 0.242 e. The summed E-state index contributed by atoms with van der Waals surface area (Å²) in [4.78, 5) is 28.4. The third kappa shape index (κ3) is 3.36. The van der Waals surface area contributed by atoms with Crippen LogP contribution in [0.5, 0.6) is 5.75 Å². The highest BCUT2D eigenvalue weighted by Crippen LogP contribution is 2.33. The maximum Gasteiger partial charge on any atom is 0.242 e. The summed E-state index contributed by atoms with van der Waals surface area (Å²) < 4.78 is 5.18. The molecular weight excluding hydrogens is 384 g/mol. The number of nitrogens with zero attached hydrogens (tertiary/aromatic N) is 2. The Kier molecular flexibility index (Phi) is 5.03. The number of ether oxygens (including phenoxy) is 1. The third-order valence-corrected chi connectivity index (χ3v) is 5.59. The Balaban J connectivity index is 1.73. The van der Waals surface area contributed by atoms with Gasteiger partial charge in [-0.3, -0.25) is 19.4 Å². The average Bonchev–Trinajstić information content (AvgIpc) is 2.73. The molecule has 0 radical (unpaired) electrons. The van der Waals surface area contributed by atoms with Gasteiger partial charge in [-0.05, 0) is 59.7 Å². The number of thiocarbonyl (C=S) groups is 1. The molecule has 5 nitrogen and oxygen atoms in total. The van der Waals surface area contributed by atoms with Gasteiger partial charge in [-0.25, -0.2) is 0 Å². The van der Waals surface area contributed by atoms with Crippen molar-refractivity contribution in [3.8, 4) is 5.75 Å². The van der Waals surface area contributed by atoms with E-state index in [-0.39, 0.29) is 29.4 Å². The third-order valence-electron chi connectivity index (χ3n) is 5.21. The van der Waals surface area contributed by atoms with Crippen LogP contribution in [0.3, 0.4) is 0 Å². The second-order valence-corrected chi connectivity index (χ2v) is 7.26. The molecule has 1 aliphatic heterocycles. The summed E-state index contributed by atoms with van der Waals surface area (Å²) in [7, 11) is 1.58. The Morgan fingerprint density at radius 2 is 1.62 bits per heavy atom. The zero-order valence-corrected chi connectivity index (χ0v) is 17.0. The molecule has 2 amide bonds. The predicted molar refractivity (Wildman–Crippen MR) is 117 cm³/mol. The Labute approximate surface area is 174 Å². The molecule has 0 saturated carbocycles. The Bertz CT molecular complexity index is 1110. The largest absolute Gasteiger partial charge is 0.497 e. The number of benzene rings is 3. The van der Waals surface area contributed by atoms with Crippen LogP contribution >= 0.6 is 12.2 Å². The van der Waals surface area contributed by atoms with Crippen LogP contribution in [0, 0.1) is 0 Å². The SMILES string of the molecule is COc1ccc(N2C(=O)CC(=O)N(C(C)c3cccc4ccccc34)C2=S)cc1. The molecule has 4 rings (SSSR count). The fraction of sp³-hybridized carbons (Fsp3) is 0.174. The molecule has 1 fully saturated rings. The summed E-state index contributed by atoms with van der Waals surface area (Å²) in [5.41, 5.74) is 1.60. The fourth-order valence-electron chi connectivity index (χ4n) is 3.74. The first-order chi connectivity index (χ1) is 14.0. The Morgan fingerprint density at radius 3 is 2.34 bits per heavy atom.